The molecule has 0 aliphatic carbocycles. The van der Waals surface area contributed by atoms with Gasteiger partial charge in [0.15, 0.2) is 6.04 Å². The summed E-state index contributed by atoms with van der Waals surface area (Å²) in [5.41, 5.74) is 0.481. The third kappa shape index (κ3) is 6.39. The molecular weight excluding hydrogens is 284 g/mol. The Bertz CT molecular complexity index is 514. The second-order valence-electron chi connectivity index (χ2n) is 5.46. The molecule has 0 aromatic heterocycles. The first-order chi connectivity index (χ1) is 10.4. The van der Waals surface area contributed by atoms with Crippen LogP contribution in [0, 0.1) is 5.92 Å². The van der Waals surface area contributed by atoms with Crippen molar-refractivity contribution < 1.29 is 19.5 Å². The minimum Gasteiger partial charge on any atom is -0.479 e. The molecule has 3 N–H and O–H groups in total. The second-order valence-corrected chi connectivity index (χ2v) is 5.46. The molecule has 22 heavy (non-hydrogen) atoms. The van der Waals surface area contributed by atoms with E-state index in [0.717, 1.165) is 6.42 Å². The third-order valence-corrected chi connectivity index (χ3v) is 3.08. The lowest BCUT2D eigenvalue weighted by Gasteiger charge is -2.15. The van der Waals surface area contributed by atoms with Gasteiger partial charge in [0.05, 0.1) is 6.54 Å². The number of aliphatic carboxylic acids is 1. The number of nitrogens with one attached hydrogen (secondary N) is 2. The number of carbonyl (C=O) groups excluding carboxylic acids is 2. The van der Waals surface area contributed by atoms with E-state index < -0.39 is 17.9 Å². The first-order valence-electron chi connectivity index (χ1n) is 7.24. The van der Waals surface area contributed by atoms with E-state index in [-0.39, 0.29) is 12.5 Å². The van der Waals surface area contributed by atoms with Crippen molar-refractivity contribution in [2.45, 2.75) is 32.7 Å². The highest BCUT2D eigenvalue weighted by Crippen LogP contribution is 2.12. The molecule has 0 fully saturated rings. The van der Waals surface area contributed by atoms with Crippen molar-refractivity contribution in [2.24, 2.45) is 5.92 Å². The molecule has 0 saturated carbocycles. The van der Waals surface area contributed by atoms with Gasteiger partial charge in [0, 0.05) is 6.42 Å². The molecule has 0 saturated heterocycles. The lowest BCUT2D eigenvalue weighted by Crippen LogP contribution is -2.41. The SMILES string of the molecule is CC(C)CCC(=O)NCC(=O)N[C@@H](C(=O)O)c1ccccc1. The highest BCUT2D eigenvalue weighted by Gasteiger charge is 2.21. The number of carboxylic acid groups (broad SMARTS) is 1. The zero-order chi connectivity index (χ0) is 16.5. The standard InChI is InChI=1S/C16H22N2O4/c1-11(2)8-9-13(19)17-10-14(20)18-15(16(21)22)12-6-4-3-5-7-12/h3-7,11,15H,8-10H2,1-2H3,(H,17,19)(H,18,20)(H,21,22)/t15-/m1/s1. The zero-order valence-electron chi connectivity index (χ0n) is 12.8. The Balaban J connectivity index is 2.48. The van der Waals surface area contributed by atoms with Gasteiger partial charge in [-0.05, 0) is 17.9 Å². The summed E-state index contributed by atoms with van der Waals surface area (Å²) in [7, 11) is 0. The largest absolute Gasteiger partial charge is 0.479 e. The summed E-state index contributed by atoms with van der Waals surface area (Å²) >= 11 is 0. The number of rotatable bonds is 8. The van der Waals surface area contributed by atoms with Crippen LogP contribution in [-0.4, -0.2) is 29.4 Å². The predicted molar refractivity (Wildman–Crippen MR) is 82.0 cm³/mol. The van der Waals surface area contributed by atoms with Crippen LogP contribution in [0.25, 0.3) is 0 Å². The normalized spacial score (nSPS) is 11.8. The van der Waals surface area contributed by atoms with Crippen LogP contribution in [0.5, 0.6) is 0 Å². The van der Waals surface area contributed by atoms with Crippen molar-refractivity contribution in [2.75, 3.05) is 6.54 Å². The van der Waals surface area contributed by atoms with E-state index in [0.29, 0.717) is 17.9 Å². The maximum absolute atomic E-state index is 11.8. The highest BCUT2D eigenvalue weighted by molar-refractivity contribution is 5.88. The Morgan fingerprint density at radius 3 is 2.27 bits per heavy atom. The van der Waals surface area contributed by atoms with Gasteiger partial charge in [-0.15, -0.1) is 0 Å². The van der Waals surface area contributed by atoms with Crippen LogP contribution in [0.1, 0.15) is 38.3 Å². The van der Waals surface area contributed by atoms with E-state index in [1.165, 1.54) is 0 Å². The molecule has 0 aliphatic heterocycles. The number of carbonyl (C=O) groups is 3. The fourth-order valence-corrected chi connectivity index (χ4v) is 1.83. The lowest BCUT2D eigenvalue weighted by atomic mass is 10.1. The molecule has 0 bridgehead atoms. The molecule has 120 valence electrons. The van der Waals surface area contributed by atoms with Crippen LogP contribution >= 0.6 is 0 Å². The van der Waals surface area contributed by atoms with E-state index in [2.05, 4.69) is 10.6 Å². The van der Waals surface area contributed by atoms with E-state index in [1.807, 2.05) is 13.8 Å². The van der Waals surface area contributed by atoms with Gasteiger partial charge in [0.2, 0.25) is 11.8 Å². The van der Waals surface area contributed by atoms with Crippen LogP contribution in [0.2, 0.25) is 0 Å². The molecule has 6 heteroatoms. The Labute approximate surface area is 129 Å². The summed E-state index contributed by atoms with van der Waals surface area (Å²) in [5.74, 6) is -1.48. The smallest absolute Gasteiger partial charge is 0.330 e. The average molecular weight is 306 g/mol. The van der Waals surface area contributed by atoms with Crippen molar-refractivity contribution in [3.63, 3.8) is 0 Å². The maximum Gasteiger partial charge on any atom is 0.330 e. The van der Waals surface area contributed by atoms with Gasteiger partial charge in [0.25, 0.3) is 0 Å². The first-order valence-corrected chi connectivity index (χ1v) is 7.24. The molecule has 0 heterocycles. The zero-order valence-corrected chi connectivity index (χ0v) is 12.8. The van der Waals surface area contributed by atoms with Gasteiger partial charge < -0.3 is 15.7 Å². The van der Waals surface area contributed by atoms with E-state index in [1.54, 1.807) is 30.3 Å². The van der Waals surface area contributed by atoms with Crippen molar-refractivity contribution in [1.29, 1.82) is 0 Å². The summed E-state index contributed by atoms with van der Waals surface area (Å²) in [6.07, 6.45) is 1.10. The van der Waals surface area contributed by atoms with E-state index in [9.17, 15) is 19.5 Å². The molecular formula is C16H22N2O4. The van der Waals surface area contributed by atoms with Crippen LogP contribution in [0.15, 0.2) is 30.3 Å². The monoisotopic (exact) mass is 306 g/mol. The van der Waals surface area contributed by atoms with Gasteiger partial charge in [-0.1, -0.05) is 44.2 Å². The molecule has 1 rings (SSSR count). The molecule has 0 spiro atoms. The Morgan fingerprint density at radius 2 is 1.73 bits per heavy atom. The van der Waals surface area contributed by atoms with Crippen molar-refractivity contribution >= 4 is 17.8 Å². The Morgan fingerprint density at radius 1 is 1.09 bits per heavy atom. The number of benzene rings is 1. The Kier molecular flexibility index (Phi) is 7.08. The van der Waals surface area contributed by atoms with Gasteiger partial charge in [-0.2, -0.15) is 0 Å². The van der Waals surface area contributed by atoms with Gasteiger partial charge in [-0.25, -0.2) is 4.79 Å². The number of hydrogen-bond donors (Lipinski definition) is 3. The Hall–Kier alpha value is -2.37. The first kappa shape index (κ1) is 17.7. The number of carboxylic acids is 1. The van der Waals surface area contributed by atoms with E-state index in [4.69, 9.17) is 0 Å². The number of hydrogen-bond acceptors (Lipinski definition) is 3. The van der Waals surface area contributed by atoms with Crippen LogP contribution in [-0.2, 0) is 14.4 Å². The van der Waals surface area contributed by atoms with Crippen molar-refractivity contribution in [1.82, 2.24) is 10.6 Å². The molecule has 1 atom stereocenters. The van der Waals surface area contributed by atoms with Crippen LogP contribution < -0.4 is 10.6 Å². The summed E-state index contributed by atoms with van der Waals surface area (Å²) < 4.78 is 0. The lowest BCUT2D eigenvalue weighted by molar-refractivity contribution is -0.141. The minimum atomic E-state index is -1.15. The summed E-state index contributed by atoms with van der Waals surface area (Å²) in [5, 5.41) is 14.1. The van der Waals surface area contributed by atoms with Gasteiger partial charge in [0.1, 0.15) is 0 Å². The van der Waals surface area contributed by atoms with E-state index >= 15 is 0 Å². The van der Waals surface area contributed by atoms with Crippen molar-refractivity contribution in [3.05, 3.63) is 35.9 Å². The third-order valence-electron chi connectivity index (χ3n) is 3.08. The molecule has 1 aromatic rings. The molecule has 1 aromatic carbocycles. The quantitative estimate of drug-likeness (QED) is 0.678. The molecule has 0 aliphatic rings. The minimum absolute atomic E-state index is 0.213. The summed E-state index contributed by atoms with van der Waals surface area (Å²) in [4.78, 5) is 34.6. The fraction of sp³-hybridized carbons (Fsp3) is 0.438. The van der Waals surface area contributed by atoms with Crippen molar-refractivity contribution in [3.8, 4) is 0 Å². The summed E-state index contributed by atoms with van der Waals surface area (Å²) in [6.45, 7) is 3.79. The number of amides is 2. The average Bonchev–Trinajstić information content (AvgIpc) is 2.49. The second kappa shape index (κ2) is 8.81. The predicted octanol–water partition coefficient (Wildman–Crippen LogP) is 1.48. The fourth-order valence-electron chi connectivity index (χ4n) is 1.83. The molecule has 6 nitrogen and oxygen atoms in total. The topological polar surface area (TPSA) is 95.5 Å². The highest BCUT2D eigenvalue weighted by atomic mass is 16.4. The van der Waals surface area contributed by atoms with Gasteiger partial charge >= 0.3 is 5.97 Å². The molecule has 0 unspecified atom stereocenters. The maximum atomic E-state index is 11.8. The molecule has 0 radical (unpaired) electrons. The van der Waals surface area contributed by atoms with Crippen LogP contribution in [0.4, 0.5) is 0 Å². The van der Waals surface area contributed by atoms with Gasteiger partial charge in [-0.3, -0.25) is 9.59 Å². The van der Waals surface area contributed by atoms with Crippen LogP contribution in [0.3, 0.4) is 0 Å². The molecule has 2 amide bonds. The summed E-state index contributed by atoms with van der Waals surface area (Å²) in [6, 6.07) is 7.29.